The highest BCUT2D eigenvalue weighted by atomic mass is 16.5. The van der Waals surface area contributed by atoms with Crippen molar-refractivity contribution in [1.29, 1.82) is 0 Å². The van der Waals surface area contributed by atoms with Gasteiger partial charge in [0.2, 0.25) is 0 Å². The summed E-state index contributed by atoms with van der Waals surface area (Å²) >= 11 is 0. The van der Waals surface area contributed by atoms with E-state index < -0.39 is 6.10 Å². The predicted molar refractivity (Wildman–Crippen MR) is 77.1 cm³/mol. The molecule has 1 saturated carbocycles. The van der Waals surface area contributed by atoms with Crippen LogP contribution in [0, 0.1) is 6.92 Å². The third-order valence-electron chi connectivity index (χ3n) is 3.67. The molecule has 1 fully saturated rings. The van der Waals surface area contributed by atoms with Gasteiger partial charge in [0.15, 0.2) is 12.4 Å². The van der Waals surface area contributed by atoms with Crippen LogP contribution in [-0.4, -0.2) is 24.3 Å². The Kier molecular flexibility index (Phi) is 4.77. The van der Waals surface area contributed by atoms with Crippen LogP contribution in [0.15, 0.2) is 18.2 Å². The Bertz CT molecular complexity index is 492. The zero-order valence-corrected chi connectivity index (χ0v) is 12.0. The summed E-state index contributed by atoms with van der Waals surface area (Å²) in [6.07, 6.45) is 4.59. The first kappa shape index (κ1) is 14.6. The second-order valence-electron chi connectivity index (χ2n) is 5.41. The number of nitrogens with one attached hydrogen (secondary N) is 1. The molecule has 0 aliphatic heterocycles. The minimum atomic E-state index is -0.600. The van der Waals surface area contributed by atoms with Gasteiger partial charge in [-0.2, -0.15) is 0 Å². The molecule has 0 bridgehead atoms. The Morgan fingerprint density at radius 1 is 1.40 bits per heavy atom. The summed E-state index contributed by atoms with van der Waals surface area (Å²) < 4.78 is 5.62. The number of ether oxygens (including phenoxy) is 1. The molecule has 1 aromatic rings. The normalized spacial score (nSPS) is 16.7. The molecule has 4 heteroatoms. The van der Waals surface area contributed by atoms with Gasteiger partial charge in [-0.15, -0.1) is 0 Å². The highest BCUT2D eigenvalue weighted by molar-refractivity contribution is 5.82. The molecule has 1 unspecified atom stereocenters. The van der Waals surface area contributed by atoms with E-state index in [0.717, 1.165) is 24.7 Å². The molecule has 1 aliphatic carbocycles. The lowest BCUT2D eigenvalue weighted by Crippen LogP contribution is -2.41. The molecular weight excluding hydrogens is 254 g/mol. The maximum absolute atomic E-state index is 12.0. The lowest BCUT2D eigenvalue weighted by atomic mass is 10.1. The van der Waals surface area contributed by atoms with E-state index in [0.29, 0.717) is 11.3 Å². The van der Waals surface area contributed by atoms with Gasteiger partial charge in [-0.05, 0) is 38.8 Å². The summed E-state index contributed by atoms with van der Waals surface area (Å²) in [6.45, 7) is 3.62. The molecule has 0 aromatic heterocycles. The van der Waals surface area contributed by atoms with Crippen LogP contribution in [-0.2, 0) is 4.79 Å². The minimum absolute atomic E-state index is 0.116. The fourth-order valence-corrected chi connectivity index (χ4v) is 2.50. The molecule has 0 heterocycles. The average molecular weight is 275 g/mol. The lowest BCUT2D eigenvalue weighted by molar-refractivity contribution is -0.127. The standard InChI is InChI=1S/C16H21NO3/c1-11-7-8-15(13(9-11)10-18)20-12(2)16(19)17-14-5-3-4-6-14/h7-10,12,14H,3-6H2,1-2H3,(H,17,19). The molecular formula is C16H21NO3. The number of rotatable bonds is 5. The summed E-state index contributed by atoms with van der Waals surface area (Å²) in [7, 11) is 0. The highest BCUT2D eigenvalue weighted by Crippen LogP contribution is 2.21. The summed E-state index contributed by atoms with van der Waals surface area (Å²) in [5.74, 6) is 0.342. The number of hydrogen-bond acceptors (Lipinski definition) is 3. The maximum Gasteiger partial charge on any atom is 0.260 e. The van der Waals surface area contributed by atoms with Crippen molar-refractivity contribution in [2.75, 3.05) is 0 Å². The van der Waals surface area contributed by atoms with E-state index >= 15 is 0 Å². The van der Waals surface area contributed by atoms with Crippen molar-refractivity contribution in [3.63, 3.8) is 0 Å². The van der Waals surface area contributed by atoms with Gasteiger partial charge < -0.3 is 10.1 Å². The average Bonchev–Trinajstić information content (AvgIpc) is 2.93. The van der Waals surface area contributed by atoms with Crippen molar-refractivity contribution in [2.45, 2.75) is 51.7 Å². The first-order valence-electron chi connectivity index (χ1n) is 7.13. The third kappa shape index (κ3) is 3.59. The highest BCUT2D eigenvalue weighted by Gasteiger charge is 2.22. The lowest BCUT2D eigenvalue weighted by Gasteiger charge is -2.18. The Hall–Kier alpha value is -1.84. The van der Waals surface area contributed by atoms with Crippen LogP contribution in [0.3, 0.4) is 0 Å². The fourth-order valence-electron chi connectivity index (χ4n) is 2.50. The van der Waals surface area contributed by atoms with Crippen LogP contribution in [0.4, 0.5) is 0 Å². The molecule has 1 aromatic carbocycles. The van der Waals surface area contributed by atoms with E-state index in [2.05, 4.69) is 5.32 Å². The van der Waals surface area contributed by atoms with Gasteiger partial charge in [0, 0.05) is 6.04 Å². The molecule has 2 rings (SSSR count). The molecule has 4 nitrogen and oxygen atoms in total. The Morgan fingerprint density at radius 2 is 2.10 bits per heavy atom. The Balaban J connectivity index is 1.97. The molecule has 0 spiro atoms. The Labute approximate surface area is 119 Å². The molecule has 0 radical (unpaired) electrons. The molecule has 20 heavy (non-hydrogen) atoms. The van der Waals surface area contributed by atoms with Crippen LogP contribution >= 0.6 is 0 Å². The number of aldehydes is 1. The number of amides is 1. The summed E-state index contributed by atoms with van der Waals surface area (Å²) in [6, 6.07) is 5.63. The van der Waals surface area contributed by atoms with Gasteiger partial charge in [0.05, 0.1) is 5.56 Å². The van der Waals surface area contributed by atoms with Crippen molar-refractivity contribution < 1.29 is 14.3 Å². The zero-order chi connectivity index (χ0) is 14.5. The van der Waals surface area contributed by atoms with Gasteiger partial charge in [0.25, 0.3) is 5.91 Å². The monoisotopic (exact) mass is 275 g/mol. The van der Waals surface area contributed by atoms with Gasteiger partial charge in [0.1, 0.15) is 5.75 Å². The zero-order valence-electron chi connectivity index (χ0n) is 12.0. The van der Waals surface area contributed by atoms with E-state index in [1.54, 1.807) is 19.1 Å². The Morgan fingerprint density at radius 3 is 2.75 bits per heavy atom. The molecule has 1 amide bonds. The van der Waals surface area contributed by atoms with Crippen molar-refractivity contribution in [1.82, 2.24) is 5.32 Å². The molecule has 1 aliphatic rings. The number of carbonyl (C=O) groups excluding carboxylic acids is 2. The van der Waals surface area contributed by atoms with E-state index in [9.17, 15) is 9.59 Å². The third-order valence-corrected chi connectivity index (χ3v) is 3.67. The largest absolute Gasteiger partial charge is 0.480 e. The van der Waals surface area contributed by atoms with Crippen LogP contribution in [0.1, 0.15) is 48.5 Å². The minimum Gasteiger partial charge on any atom is -0.480 e. The van der Waals surface area contributed by atoms with Crippen LogP contribution < -0.4 is 10.1 Å². The van der Waals surface area contributed by atoms with E-state index in [1.165, 1.54) is 12.8 Å². The molecule has 1 atom stereocenters. The summed E-state index contributed by atoms with van der Waals surface area (Å²) in [5.41, 5.74) is 1.47. The van der Waals surface area contributed by atoms with E-state index in [-0.39, 0.29) is 11.9 Å². The first-order chi connectivity index (χ1) is 9.60. The van der Waals surface area contributed by atoms with Crippen molar-refractivity contribution in [3.8, 4) is 5.75 Å². The van der Waals surface area contributed by atoms with E-state index in [1.807, 2.05) is 13.0 Å². The number of aryl methyl sites for hydroxylation is 1. The quantitative estimate of drug-likeness (QED) is 0.840. The van der Waals surface area contributed by atoms with Gasteiger partial charge in [-0.3, -0.25) is 9.59 Å². The molecule has 0 saturated heterocycles. The van der Waals surface area contributed by atoms with Crippen LogP contribution in [0.25, 0.3) is 0 Å². The molecule has 1 N–H and O–H groups in total. The number of carbonyl (C=O) groups is 2. The second-order valence-corrected chi connectivity index (χ2v) is 5.41. The topological polar surface area (TPSA) is 55.4 Å². The molecule has 108 valence electrons. The SMILES string of the molecule is Cc1ccc(OC(C)C(=O)NC2CCCC2)c(C=O)c1. The fraction of sp³-hybridized carbons (Fsp3) is 0.500. The number of hydrogen-bond donors (Lipinski definition) is 1. The first-order valence-corrected chi connectivity index (χ1v) is 7.13. The van der Waals surface area contributed by atoms with Crippen molar-refractivity contribution in [3.05, 3.63) is 29.3 Å². The van der Waals surface area contributed by atoms with Crippen molar-refractivity contribution in [2.24, 2.45) is 0 Å². The second kappa shape index (κ2) is 6.55. The number of benzene rings is 1. The van der Waals surface area contributed by atoms with Gasteiger partial charge in [-0.25, -0.2) is 0 Å². The maximum atomic E-state index is 12.0. The summed E-state index contributed by atoms with van der Waals surface area (Å²) in [5, 5.41) is 3.00. The van der Waals surface area contributed by atoms with Gasteiger partial charge >= 0.3 is 0 Å². The van der Waals surface area contributed by atoms with Crippen molar-refractivity contribution >= 4 is 12.2 Å². The van der Waals surface area contributed by atoms with Crippen LogP contribution in [0.5, 0.6) is 5.75 Å². The van der Waals surface area contributed by atoms with Crippen LogP contribution in [0.2, 0.25) is 0 Å². The van der Waals surface area contributed by atoms with E-state index in [4.69, 9.17) is 4.74 Å². The smallest absolute Gasteiger partial charge is 0.260 e. The van der Waals surface area contributed by atoms with Gasteiger partial charge in [-0.1, -0.05) is 24.5 Å². The summed E-state index contributed by atoms with van der Waals surface area (Å²) in [4.78, 5) is 23.1. The predicted octanol–water partition coefficient (Wildman–Crippen LogP) is 2.63.